The molecular formula is C17H35NO2. The topological polar surface area (TPSA) is 40.5 Å². The van der Waals surface area contributed by atoms with Crippen LogP contribution in [0.5, 0.6) is 0 Å². The summed E-state index contributed by atoms with van der Waals surface area (Å²) in [6, 6.07) is 0. The zero-order chi connectivity index (χ0) is 15.1. The predicted molar refractivity (Wildman–Crippen MR) is 85.8 cm³/mol. The van der Waals surface area contributed by atoms with Crippen molar-refractivity contribution in [3.63, 3.8) is 0 Å². The quantitative estimate of drug-likeness (QED) is 0.487. The molecule has 0 fully saturated rings. The van der Waals surface area contributed by atoms with E-state index in [4.69, 9.17) is 5.11 Å². The predicted octanol–water partition coefficient (Wildman–Crippen LogP) is 4.14. The van der Waals surface area contributed by atoms with E-state index in [2.05, 4.69) is 18.7 Å². The van der Waals surface area contributed by atoms with Crippen molar-refractivity contribution in [2.75, 3.05) is 19.7 Å². The van der Waals surface area contributed by atoms with E-state index in [1.54, 1.807) is 0 Å². The van der Waals surface area contributed by atoms with Crippen LogP contribution >= 0.6 is 0 Å². The van der Waals surface area contributed by atoms with Gasteiger partial charge in [-0.3, -0.25) is 4.79 Å². The molecule has 0 atom stereocenters. The Hall–Kier alpha value is -0.570. The molecule has 0 unspecified atom stereocenters. The van der Waals surface area contributed by atoms with Crippen LogP contribution in [0.15, 0.2) is 0 Å². The van der Waals surface area contributed by atoms with Crippen molar-refractivity contribution in [1.82, 2.24) is 4.90 Å². The lowest BCUT2D eigenvalue weighted by molar-refractivity contribution is -0.131. The first-order valence-electron chi connectivity index (χ1n) is 8.64. The van der Waals surface area contributed by atoms with Crippen molar-refractivity contribution in [2.24, 2.45) is 0 Å². The molecule has 0 aromatic rings. The monoisotopic (exact) mass is 285 g/mol. The molecule has 120 valence electrons. The maximum Gasteiger partial charge on any atom is 0.222 e. The van der Waals surface area contributed by atoms with Gasteiger partial charge in [0.05, 0.1) is 0 Å². The third kappa shape index (κ3) is 11.3. The molecule has 0 saturated carbocycles. The summed E-state index contributed by atoms with van der Waals surface area (Å²) < 4.78 is 0. The van der Waals surface area contributed by atoms with Gasteiger partial charge in [0.2, 0.25) is 5.91 Å². The molecule has 0 heterocycles. The molecule has 0 saturated heterocycles. The van der Waals surface area contributed by atoms with Gasteiger partial charge in [0, 0.05) is 26.1 Å². The summed E-state index contributed by atoms with van der Waals surface area (Å²) in [4.78, 5) is 14.2. The summed E-state index contributed by atoms with van der Waals surface area (Å²) in [5.74, 6) is 0.348. The third-order valence-electron chi connectivity index (χ3n) is 3.71. The molecule has 0 spiro atoms. The van der Waals surface area contributed by atoms with Gasteiger partial charge in [-0.15, -0.1) is 0 Å². The number of carbonyl (C=O) groups is 1. The summed E-state index contributed by atoms with van der Waals surface area (Å²) in [5.41, 5.74) is 0. The smallest absolute Gasteiger partial charge is 0.222 e. The van der Waals surface area contributed by atoms with Gasteiger partial charge in [0.25, 0.3) is 0 Å². The van der Waals surface area contributed by atoms with E-state index in [0.717, 1.165) is 64.5 Å². The standard InChI is InChI=1S/C17H35NO2/c1-3-5-13-17(20)18(14-6-4-2)15-11-9-7-8-10-12-16-19/h19H,3-16H2,1-2H3. The summed E-state index contributed by atoms with van der Waals surface area (Å²) in [5, 5.41) is 8.71. The molecule has 0 rings (SSSR count). The maximum absolute atomic E-state index is 12.1. The van der Waals surface area contributed by atoms with E-state index in [0.29, 0.717) is 12.5 Å². The lowest BCUT2D eigenvalue weighted by Gasteiger charge is -2.22. The lowest BCUT2D eigenvalue weighted by Crippen LogP contribution is -2.32. The first-order valence-corrected chi connectivity index (χ1v) is 8.64. The minimum atomic E-state index is 0.316. The van der Waals surface area contributed by atoms with Crippen molar-refractivity contribution in [1.29, 1.82) is 0 Å². The summed E-state index contributed by atoms with van der Waals surface area (Å²) in [6.07, 6.45) is 11.9. The minimum absolute atomic E-state index is 0.316. The lowest BCUT2D eigenvalue weighted by atomic mass is 10.1. The van der Waals surface area contributed by atoms with Crippen LogP contribution in [0.2, 0.25) is 0 Å². The number of rotatable bonds is 14. The van der Waals surface area contributed by atoms with E-state index >= 15 is 0 Å². The van der Waals surface area contributed by atoms with Crippen LogP contribution in [0.3, 0.4) is 0 Å². The number of hydrogen-bond acceptors (Lipinski definition) is 2. The van der Waals surface area contributed by atoms with Gasteiger partial charge in [0.15, 0.2) is 0 Å². The third-order valence-corrected chi connectivity index (χ3v) is 3.71. The van der Waals surface area contributed by atoms with Crippen LogP contribution in [0, 0.1) is 0 Å². The van der Waals surface area contributed by atoms with E-state index < -0.39 is 0 Å². The fourth-order valence-corrected chi connectivity index (χ4v) is 2.32. The molecule has 0 radical (unpaired) electrons. The number of aliphatic hydroxyl groups is 1. The van der Waals surface area contributed by atoms with Crippen molar-refractivity contribution in [2.45, 2.75) is 84.5 Å². The Bertz CT molecular complexity index is 219. The van der Waals surface area contributed by atoms with E-state index in [1.165, 1.54) is 19.3 Å². The van der Waals surface area contributed by atoms with E-state index in [1.807, 2.05) is 0 Å². The molecule has 0 aliphatic heterocycles. The molecule has 3 nitrogen and oxygen atoms in total. The minimum Gasteiger partial charge on any atom is -0.396 e. The molecule has 0 aromatic carbocycles. The maximum atomic E-state index is 12.1. The number of amides is 1. The highest BCUT2D eigenvalue weighted by Crippen LogP contribution is 2.09. The Morgan fingerprint density at radius 3 is 1.95 bits per heavy atom. The average molecular weight is 285 g/mol. The first kappa shape index (κ1) is 19.4. The Labute approximate surface area is 125 Å². The van der Waals surface area contributed by atoms with Crippen LogP contribution in [0.4, 0.5) is 0 Å². The fourth-order valence-electron chi connectivity index (χ4n) is 2.32. The van der Waals surface area contributed by atoms with Crippen molar-refractivity contribution >= 4 is 5.91 Å². The molecular weight excluding hydrogens is 250 g/mol. The highest BCUT2D eigenvalue weighted by Gasteiger charge is 2.11. The molecule has 1 N–H and O–H groups in total. The first-order chi connectivity index (χ1) is 9.76. The Kier molecular flexibility index (Phi) is 14.4. The van der Waals surface area contributed by atoms with Gasteiger partial charge in [-0.1, -0.05) is 52.4 Å². The molecule has 3 heteroatoms. The second kappa shape index (κ2) is 14.8. The highest BCUT2D eigenvalue weighted by molar-refractivity contribution is 5.76. The van der Waals surface area contributed by atoms with Gasteiger partial charge in [0.1, 0.15) is 0 Å². The molecule has 0 aliphatic rings. The van der Waals surface area contributed by atoms with E-state index in [9.17, 15) is 4.79 Å². The number of unbranched alkanes of at least 4 members (excludes halogenated alkanes) is 7. The average Bonchev–Trinajstić information content (AvgIpc) is 2.46. The summed E-state index contributed by atoms with van der Waals surface area (Å²) in [6.45, 7) is 6.49. The zero-order valence-electron chi connectivity index (χ0n) is 13.7. The highest BCUT2D eigenvalue weighted by atomic mass is 16.2. The molecule has 1 amide bonds. The normalized spacial score (nSPS) is 10.8. The van der Waals surface area contributed by atoms with Crippen molar-refractivity contribution in [3.05, 3.63) is 0 Å². The van der Waals surface area contributed by atoms with Gasteiger partial charge in [-0.05, 0) is 25.7 Å². The number of nitrogens with zero attached hydrogens (tertiary/aromatic N) is 1. The molecule has 0 bridgehead atoms. The van der Waals surface area contributed by atoms with Crippen molar-refractivity contribution < 1.29 is 9.90 Å². The Morgan fingerprint density at radius 2 is 1.35 bits per heavy atom. The number of carbonyl (C=O) groups excluding carboxylic acids is 1. The Balaban J connectivity index is 3.77. The molecule has 0 aliphatic carbocycles. The molecule has 0 aromatic heterocycles. The van der Waals surface area contributed by atoms with Crippen LogP contribution in [-0.4, -0.2) is 35.6 Å². The van der Waals surface area contributed by atoms with Gasteiger partial charge in [-0.25, -0.2) is 0 Å². The summed E-state index contributed by atoms with van der Waals surface area (Å²) >= 11 is 0. The number of hydrogen-bond donors (Lipinski definition) is 1. The van der Waals surface area contributed by atoms with Crippen LogP contribution in [-0.2, 0) is 4.79 Å². The van der Waals surface area contributed by atoms with Gasteiger partial charge >= 0.3 is 0 Å². The summed E-state index contributed by atoms with van der Waals surface area (Å²) in [7, 11) is 0. The van der Waals surface area contributed by atoms with Crippen LogP contribution in [0.25, 0.3) is 0 Å². The van der Waals surface area contributed by atoms with Crippen LogP contribution in [0.1, 0.15) is 84.5 Å². The zero-order valence-corrected chi connectivity index (χ0v) is 13.7. The van der Waals surface area contributed by atoms with Crippen LogP contribution < -0.4 is 0 Å². The second-order valence-electron chi connectivity index (χ2n) is 5.68. The number of aliphatic hydroxyl groups excluding tert-OH is 1. The van der Waals surface area contributed by atoms with E-state index in [-0.39, 0.29) is 0 Å². The van der Waals surface area contributed by atoms with Gasteiger partial charge < -0.3 is 10.0 Å². The SMILES string of the molecule is CCCCC(=O)N(CCCC)CCCCCCCCO. The molecule has 20 heavy (non-hydrogen) atoms. The fraction of sp³-hybridized carbons (Fsp3) is 0.941. The van der Waals surface area contributed by atoms with Gasteiger partial charge in [-0.2, -0.15) is 0 Å². The largest absolute Gasteiger partial charge is 0.396 e. The Morgan fingerprint density at radius 1 is 0.800 bits per heavy atom. The second-order valence-corrected chi connectivity index (χ2v) is 5.68. The van der Waals surface area contributed by atoms with Crippen molar-refractivity contribution in [3.8, 4) is 0 Å².